The molecular weight excluding hydrogens is 767 g/mol. The first-order chi connectivity index (χ1) is 30.5. The second kappa shape index (κ2) is 49.1. The van der Waals surface area contributed by atoms with Gasteiger partial charge in [-0.25, -0.2) is 0 Å². The third-order valence-corrected chi connectivity index (χ3v) is 11.3. The first-order valence-electron chi connectivity index (χ1n) is 25.9. The number of hydrogen-bond acceptors (Lipinski definition) is 5. The Bertz CT molecular complexity index is 1200. The lowest BCUT2D eigenvalue weighted by Crippen LogP contribution is -2.46. The van der Waals surface area contributed by atoms with Gasteiger partial charge in [0.25, 0.3) is 0 Å². The van der Waals surface area contributed by atoms with Crippen LogP contribution in [0.1, 0.15) is 233 Å². The minimum atomic E-state index is -0.803. The molecule has 0 rings (SSSR count). The first kappa shape index (κ1) is 59.0. The van der Waals surface area contributed by atoms with Gasteiger partial charge in [-0.15, -0.1) is 0 Å². The summed E-state index contributed by atoms with van der Waals surface area (Å²) >= 11 is 0. The van der Waals surface area contributed by atoms with E-state index in [9.17, 15) is 19.8 Å². The topological polar surface area (TPSA) is 95.9 Å². The number of esters is 1. The van der Waals surface area contributed by atoms with Gasteiger partial charge in [0.2, 0.25) is 5.91 Å². The van der Waals surface area contributed by atoms with E-state index in [2.05, 4.69) is 68.6 Å². The second-order valence-corrected chi connectivity index (χ2v) is 17.3. The monoisotopic (exact) mass is 864 g/mol. The van der Waals surface area contributed by atoms with E-state index in [1.807, 2.05) is 42.5 Å². The van der Waals surface area contributed by atoms with E-state index in [0.29, 0.717) is 19.3 Å². The van der Waals surface area contributed by atoms with Gasteiger partial charge in [-0.3, -0.25) is 9.59 Å². The number of hydrogen-bond donors (Lipinski definition) is 3. The number of aliphatic hydroxyl groups is 2. The van der Waals surface area contributed by atoms with Crippen molar-refractivity contribution < 1.29 is 24.5 Å². The predicted molar refractivity (Wildman–Crippen MR) is 268 cm³/mol. The maximum absolute atomic E-state index is 13.2. The molecule has 1 amide bonds. The molecule has 3 atom stereocenters. The highest BCUT2D eigenvalue weighted by Crippen LogP contribution is 2.17. The number of nitrogens with one attached hydrogen (secondary N) is 1. The van der Waals surface area contributed by atoms with Crippen molar-refractivity contribution in [1.29, 1.82) is 0 Å². The minimum Gasteiger partial charge on any atom is -0.462 e. The van der Waals surface area contributed by atoms with Crippen molar-refractivity contribution in [3.8, 4) is 0 Å². The van der Waals surface area contributed by atoms with Crippen LogP contribution in [0.4, 0.5) is 0 Å². The van der Waals surface area contributed by atoms with E-state index in [4.69, 9.17) is 4.74 Å². The van der Waals surface area contributed by atoms with Gasteiger partial charge >= 0.3 is 5.97 Å². The molecule has 0 aromatic heterocycles. The Kier molecular flexibility index (Phi) is 46.7. The van der Waals surface area contributed by atoms with Gasteiger partial charge in [0.05, 0.1) is 25.2 Å². The molecule has 356 valence electrons. The van der Waals surface area contributed by atoms with E-state index in [-0.39, 0.29) is 24.9 Å². The van der Waals surface area contributed by atoms with E-state index in [0.717, 1.165) is 89.9 Å². The first-order valence-corrected chi connectivity index (χ1v) is 25.9. The number of unbranched alkanes of at least 4 members (excludes halogenated alkanes) is 23. The number of amides is 1. The lowest BCUT2D eigenvalue weighted by atomic mass is 10.0. The van der Waals surface area contributed by atoms with Crippen LogP contribution in [0.25, 0.3) is 0 Å². The maximum Gasteiger partial charge on any atom is 0.306 e. The molecule has 0 aliphatic rings. The van der Waals surface area contributed by atoms with Gasteiger partial charge < -0.3 is 20.3 Å². The zero-order valence-corrected chi connectivity index (χ0v) is 40.5. The fraction of sp³-hybridized carbons (Fsp3) is 0.714. The molecule has 6 heteroatoms. The van der Waals surface area contributed by atoms with Crippen LogP contribution < -0.4 is 5.32 Å². The van der Waals surface area contributed by atoms with Crippen LogP contribution in [0.2, 0.25) is 0 Å². The summed E-state index contributed by atoms with van der Waals surface area (Å²) in [6, 6.07) is -0.719. The van der Waals surface area contributed by atoms with Gasteiger partial charge in [-0.1, -0.05) is 228 Å². The lowest BCUT2D eigenvalue weighted by Gasteiger charge is -2.24. The number of carbonyl (C=O) groups excluding carboxylic acids is 2. The summed E-state index contributed by atoms with van der Waals surface area (Å²) in [5.74, 6) is -0.540. The van der Waals surface area contributed by atoms with Crippen LogP contribution in [-0.2, 0) is 14.3 Å². The van der Waals surface area contributed by atoms with Crippen molar-refractivity contribution >= 4 is 11.9 Å². The zero-order valence-electron chi connectivity index (χ0n) is 40.5. The van der Waals surface area contributed by atoms with Crippen molar-refractivity contribution in [1.82, 2.24) is 5.32 Å². The molecule has 0 saturated heterocycles. The standard InChI is InChI=1S/C56H97NO5/c1-4-7-10-13-16-19-22-25-27-30-32-35-38-41-44-47-52(62-56(61)49-46-43-40-37-34-31-28-26-23-20-17-14-11-8-5-2)50-55(60)57-53(51-58)54(59)48-45-42-39-36-33-29-24-21-18-15-12-9-6-3/h8,11,14,16-17,19-20,23,25-28,31,34,52-54,58-59H,4-7,9-10,12-13,15,18,21-22,24,29-30,32-33,35-51H2,1-3H3,(H,57,60)/b11-8+,17-14+,19-16-,23-20-,27-25-,28-26-,34-31+. The average Bonchev–Trinajstić information content (AvgIpc) is 3.26. The molecule has 62 heavy (non-hydrogen) atoms. The Morgan fingerprint density at radius 1 is 0.500 bits per heavy atom. The molecule has 0 radical (unpaired) electrons. The van der Waals surface area contributed by atoms with E-state index in [1.165, 1.54) is 96.3 Å². The van der Waals surface area contributed by atoms with Crippen LogP contribution >= 0.6 is 0 Å². The Morgan fingerprint density at radius 2 is 0.935 bits per heavy atom. The quantitative estimate of drug-likeness (QED) is 0.0245. The second-order valence-electron chi connectivity index (χ2n) is 17.3. The molecule has 0 heterocycles. The summed E-state index contributed by atoms with van der Waals surface area (Å²) in [6.07, 6.45) is 63.5. The van der Waals surface area contributed by atoms with Crippen LogP contribution in [-0.4, -0.2) is 46.9 Å². The van der Waals surface area contributed by atoms with Crippen LogP contribution in [0, 0.1) is 0 Å². The van der Waals surface area contributed by atoms with Crippen LogP contribution in [0.5, 0.6) is 0 Å². The molecule has 0 aliphatic carbocycles. The van der Waals surface area contributed by atoms with Gasteiger partial charge in [-0.05, 0) is 77.0 Å². The molecule has 0 bridgehead atoms. The van der Waals surface area contributed by atoms with Gasteiger partial charge in [0, 0.05) is 6.42 Å². The number of allylic oxidation sites excluding steroid dienone is 14. The Balaban J connectivity index is 4.71. The molecule has 6 nitrogen and oxygen atoms in total. The number of rotatable bonds is 45. The fourth-order valence-corrected chi connectivity index (χ4v) is 7.42. The third-order valence-electron chi connectivity index (χ3n) is 11.3. The minimum absolute atomic E-state index is 0.0469. The summed E-state index contributed by atoms with van der Waals surface area (Å²) in [5, 5.41) is 23.8. The van der Waals surface area contributed by atoms with Crippen molar-refractivity contribution in [2.45, 2.75) is 251 Å². The van der Waals surface area contributed by atoms with Crippen molar-refractivity contribution in [2.24, 2.45) is 0 Å². The molecular formula is C56H97NO5. The number of aliphatic hydroxyl groups excluding tert-OH is 2. The highest BCUT2D eigenvalue weighted by Gasteiger charge is 2.24. The Morgan fingerprint density at radius 3 is 1.48 bits per heavy atom. The Labute approximate surface area is 383 Å². The van der Waals surface area contributed by atoms with Crippen molar-refractivity contribution in [3.63, 3.8) is 0 Å². The summed E-state index contributed by atoms with van der Waals surface area (Å²) in [5.41, 5.74) is 0. The summed E-state index contributed by atoms with van der Waals surface area (Å²) < 4.78 is 5.91. The molecule has 0 aromatic rings. The van der Waals surface area contributed by atoms with Gasteiger partial charge in [0.15, 0.2) is 0 Å². The summed E-state index contributed by atoms with van der Waals surface area (Å²) in [6.45, 7) is 6.30. The molecule has 0 fully saturated rings. The van der Waals surface area contributed by atoms with Crippen LogP contribution in [0.15, 0.2) is 85.1 Å². The van der Waals surface area contributed by atoms with E-state index < -0.39 is 18.2 Å². The van der Waals surface area contributed by atoms with Crippen molar-refractivity contribution in [3.05, 3.63) is 85.1 Å². The normalized spacial score (nSPS) is 14.0. The Hall–Kier alpha value is -2.96. The van der Waals surface area contributed by atoms with Crippen molar-refractivity contribution in [2.75, 3.05) is 6.61 Å². The highest BCUT2D eigenvalue weighted by molar-refractivity contribution is 5.77. The average molecular weight is 864 g/mol. The highest BCUT2D eigenvalue weighted by atomic mass is 16.5. The third kappa shape index (κ3) is 43.7. The molecule has 0 spiro atoms. The maximum atomic E-state index is 13.2. The predicted octanol–water partition coefficient (Wildman–Crippen LogP) is 15.6. The molecule has 0 aliphatic heterocycles. The molecule has 0 aromatic carbocycles. The molecule has 0 saturated carbocycles. The van der Waals surface area contributed by atoms with Gasteiger partial charge in [-0.2, -0.15) is 0 Å². The largest absolute Gasteiger partial charge is 0.462 e. The molecule has 3 N–H and O–H groups in total. The van der Waals surface area contributed by atoms with Gasteiger partial charge in [0.1, 0.15) is 6.10 Å². The molecule has 3 unspecified atom stereocenters. The van der Waals surface area contributed by atoms with Crippen LogP contribution in [0.3, 0.4) is 0 Å². The SMILES string of the molecule is CC/C=C/C=C/C=C\C=C/C=C/CCCCCC(=O)OC(CCCCCCC/C=C\C/C=C\CCCCC)CC(=O)NC(CO)C(O)CCCCCCCCCCCCCCC. The fourth-order valence-electron chi connectivity index (χ4n) is 7.42. The van der Waals surface area contributed by atoms with E-state index in [1.54, 1.807) is 0 Å². The van der Waals surface area contributed by atoms with E-state index >= 15 is 0 Å². The summed E-state index contributed by atoms with van der Waals surface area (Å²) in [4.78, 5) is 26.1. The number of ether oxygens (including phenoxy) is 1. The smallest absolute Gasteiger partial charge is 0.306 e. The lowest BCUT2D eigenvalue weighted by molar-refractivity contribution is -0.151. The zero-order chi connectivity index (χ0) is 45.2. The number of carbonyl (C=O) groups is 2. The summed E-state index contributed by atoms with van der Waals surface area (Å²) in [7, 11) is 0.